The van der Waals surface area contributed by atoms with E-state index in [1.807, 2.05) is 36.4 Å². The van der Waals surface area contributed by atoms with Crippen molar-refractivity contribution in [2.75, 3.05) is 0 Å². The molecule has 0 bridgehead atoms. The third-order valence-electron chi connectivity index (χ3n) is 3.71. The summed E-state index contributed by atoms with van der Waals surface area (Å²) >= 11 is 0. The van der Waals surface area contributed by atoms with Crippen LogP contribution in [0, 0.1) is 11.3 Å². The maximum Gasteiger partial charge on any atom is 0.243 e. The van der Waals surface area contributed by atoms with Gasteiger partial charge in [-0.15, -0.1) is 0 Å². The first-order valence-electron chi connectivity index (χ1n) is 7.66. The van der Waals surface area contributed by atoms with E-state index in [9.17, 15) is 8.42 Å². The van der Waals surface area contributed by atoms with Gasteiger partial charge in [-0.3, -0.25) is 0 Å². The van der Waals surface area contributed by atoms with Crippen LogP contribution in [0.4, 0.5) is 0 Å². The number of benzene rings is 2. The third-order valence-corrected chi connectivity index (χ3v) is 5.50. The fourth-order valence-electron chi connectivity index (χ4n) is 2.46. The highest BCUT2D eigenvalue weighted by molar-refractivity contribution is 7.89. The van der Waals surface area contributed by atoms with Crippen molar-refractivity contribution in [3.05, 3.63) is 89.9 Å². The molecule has 25 heavy (non-hydrogen) atoms. The number of hydrogen-bond donors (Lipinski definition) is 0. The summed E-state index contributed by atoms with van der Waals surface area (Å²) in [5.74, 6) is 0.552. The molecule has 0 aliphatic carbocycles. The molecular formula is C19H16N2O3S. The van der Waals surface area contributed by atoms with Gasteiger partial charge in [-0.05, 0) is 35.9 Å². The average Bonchev–Trinajstić information content (AvgIpc) is 3.15. The summed E-state index contributed by atoms with van der Waals surface area (Å²) in [5, 5.41) is 9.04. The molecule has 3 aromatic rings. The summed E-state index contributed by atoms with van der Waals surface area (Å²) in [5.41, 5.74) is 1.17. The van der Waals surface area contributed by atoms with Crippen molar-refractivity contribution in [2.45, 2.75) is 18.0 Å². The molecule has 0 fully saturated rings. The number of rotatable bonds is 6. The van der Waals surface area contributed by atoms with Crippen molar-refractivity contribution in [3.8, 4) is 6.07 Å². The number of hydrogen-bond acceptors (Lipinski definition) is 4. The van der Waals surface area contributed by atoms with Gasteiger partial charge in [-0.1, -0.05) is 36.4 Å². The standard InChI is InChI=1S/C19H16N2O3S/c20-13-17-8-4-10-19(12-17)25(22,23)21(15-18-9-5-11-24-18)14-16-6-2-1-3-7-16/h1-12H,14-15H2. The number of nitriles is 1. The van der Waals surface area contributed by atoms with E-state index in [0.717, 1.165) is 5.56 Å². The Morgan fingerprint density at radius 3 is 2.44 bits per heavy atom. The van der Waals surface area contributed by atoms with Crippen LogP contribution in [0.5, 0.6) is 0 Å². The predicted octanol–water partition coefficient (Wildman–Crippen LogP) is 3.54. The summed E-state index contributed by atoms with van der Waals surface area (Å²) in [7, 11) is -3.79. The zero-order valence-corrected chi connectivity index (χ0v) is 14.2. The van der Waals surface area contributed by atoms with Gasteiger partial charge in [0.05, 0.1) is 29.3 Å². The zero-order chi connectivity index (χ0) is 17.7. The summed E-state index contributed by atoms with van der Waals surface area (Å²) in [6, 6.07) is 20.8. The molecule has 0 radical (unpaired) electrons. The normalized spacial score (nSPS) is 11.4. The SMILES string of the molecule is N#Cc1cccc(S(=O)(=O)N(Cc2ccccc2)Cc2ccco2)c1. The van der Waals surface area contributed by atoms with E-state index in [1.165, 1.54) is 22.7 Å². The quantitative estimate of drug-likeness (QED) is 0.680. The zero-order valence-electron chi connectivity index (χ0n) is 13.4. The first-order chi connectivity index (χ1) is 12.1. The molecular weight excluding hydrogens is 336 g/mol. The molecule has 0 aliphatic heterocycles. The lowest BCUT2D eigenvalue weighted by molar-refractivity contribution is 0.358. The van der Waals surface area contributed by atoms with Gasteiger partial charge in [0.25, 0.3) is 0 Å². The Bertz CT molecular complexity index is 975. The minimum atomic E-state index is -3.79. The average molecular weight is 352 g/mol. The van der Waals surface area contributed by atoms with Gasteiger partial charge in [-0.2, -0.15) is 9.57 Å². The molecule has 0 saturated heterocycles. The molecule has 0 unspecified atom stereocenters. The molecule has 0 spiro atoms. The molecule has 0 atom stereocenters. The highest BCUT2D eigenvalue weighted by Crippen LogP contribution is 2.22. The van der Waals surface area contributed by atoms with Crippen molar-refractivity contribution in [1.82, 2.24) is 4.31 Å². The maximum atomic E-state index is 13.1. The van der Waals surface area contributed by atoms with Crippen LogP contribution in [0.2, 0.25) is 0 Å². The van der Waals surface area contributed by atoms with Gasteiger partial charge >= 0.3 is 0 Å². The molecule has 0 aliphatic rings. The molecule has 0 amide bonds. The van der Waals surface area contributed by atoms with Gasteiger partial charge in [0.1, 0.15) is 5.76 Å². The van der Waals surface area contributed by atoms with Gasteiger partial charge in [0.15, 0.2) is 0 Å². The molecule has 0 N–H and O–H groups in total. The molecule has 126 valence electrons. The van der Waals surface area contributed by atoms with E-state index >= 15 is 0 Å². The van der Waals surface area contributed by atoms with Crippen LogP contribution in [0.1, 0.15) is 16.9 Å². The molecule has 0 saturated carbocycles. The topological polar surface area (TPSA) is 74.3 Å². The van der Waals surface area contributed by atoms with E-state index in [2.05, 4.69) is 0 Å². The van der Waals surface area contributed by atoms with E-state index in [-0.39, 0.29) is 18.0 Å². The van der Waals surface area contributed by atoms with Crippen LogP contribution in [-0.4, -0.2) is 12.7 Å². The van der Waals surface area contributed by atoms with Crippen LogP contribution < -0.4 is 0 Å². The van der Waals surface area contributed by atoms with Crippen molar-refractivity contribution in [1.29, 1.82) is 5.26 Å². The Morgan fingerprint density at radius 1 is 0.960 bits per heavy atom. The third kappa shape index (κ3) is 3.97. The van der Waals surface area contributed by atoms with Crippen molar-refractivity contribution in [3.63, 3.8) is 0 Å². The van der Waals surface area contributed by atoms with Crippen LogP contribution in [0.15, 0.2) is 82.3 Å². The summed E-state index contributed by atoms with van der Waals surface area (Å²) in [6.07, 6.45) is 1.51. The lowest BCUT2D eigenvalue weighted by atomic mass is 10.2. The second-order valence-electron chi connectivity index (χ2n) is 5.48. The van der Waals surface area contributed by atoms with E-state index in [1.54, 1.807) is 24.3 Å². The predicted molar refractivity (Wildman–Crippen MR) is 92.7 cm³/mol. The van der Waals surface area contributed by atoms with E-state index in [0.29, 0.717) is 11.3 Å². The van der Waals surface area contributed by atoms with Crippen molar-refractivity contribution < 1.29 is 12.8 Å². The molecule has 2 aromatic carbocycles. The molecule has 3 rings (SSSR count). The monoisotopic (exact) mass is 352 g/mol. The van der Waals surface area contributed by atoms with Crippen LogP contribution in [0.3, 0.4) is 0 Å². The number of sulfonamides is 1. The Kier molecular flexibility index (Phi) is 4.98. The van der Waals surface area contributed by atoms with E-state index in [4.69, 9.17) is 9.68 Å². The molecule has 5 nitrogen and oxygen atoms in total. The fraction of sp³-hybridized carbons (Fsp3) is 0.105. The van der Waals surface area contributed by atoms with Gasteiger partial charge < -0.3 is 4.42 Å². The lowest BCUT2D eigenvalue weighted by Gasteiger charge is -2.21. The van der Waals surface area contributed by atoms with Crippen LogP contribution in [-0.2, 0) is 23.1 Å². The Morgan fingerprint density at radius 2 is 1.76 bits per heavy atom. The second-order valence-corrected chi connectivity index (χ2v) is 7.42. The molecule has 1 heterocycles. The largest absolute Gasteiger partial charge is 0.468 e. The van der Waals surface area contributed by atoms with Gasteiger partial charge in [0, 0.05) is 6.54 Å². The molecule has 1 aromatic heterocycles. The minimum absolute atomic E-state index is 0.0917. The summed E-state index contributed by atoms with van der Waals surface area (Å²) in [4.78, 5) is 0.0917. The van der Waals surface area contributed by atoms with Crippen molar-refractivity contribution >= 4 is 10.0 Å². The highest BCUT2D eigenvalue weighted by Gasteiger charge is 2.26. The number of furan rings is 1. The fourth-order valence-corrected chi connectivity index (χ4v) is 3.91. The second kappa shape index (κ2) is 7.34. The van der Waals surface area contributed by atoms with E-state index < -0.39 is 10.0 Å². The smallest absolute Gasteiger partial charge is 0.243 e. The summed E-state index contributed by atoms with van der Waals surface area (Å²) in [6.45, 7) is 0.321. The Balaban J connectivity index is 1.98. The summed E-state index contributed by atoms with van der Waals surface area (Å²) < 4.78 is 32.9. The lowest BCUT2D eigenvalue weighted by Crippen LogP contribution is -2.30. The first-order valence-corrected chi connectivity index (χ1v) is 9.10. The Hall–Kier alpha value is -2.88. The molecule has 6 heteroatoms. The number of nitrogens with zero attached hydrogens (tertiary/aromatic N) is 2. The maximum absolute atomic E-state index is 13.1. The van der Waals surface area contributed by atoms with Gasteiger partial charge in [0.2, 0.25) is 10.0 Å². The highest BCUT2D eigenvalue weighted by atomic mass is 32.2. The Labute approximate surface area is 146 Å². The first kappa shape index (κ1) is 17.0. The van der Waals surface area contributed by atoms with Gasteiger partial charge in [-0.25, -0.2) is 8.42 Å². The van der Waals surface area contributed by atoms with Crippen molar-refractivity contribution in [2.24, 2.45) is 0 Å². The van der Waals surface area contributed by atoms with Crippen LogP contribution in [0.25, 0.3) is 0 Å². The minimum Gasteiger partial charge on any atom is -0.468 e. The van der Waals surface area contributed by atoms with Crippen LogP contribution >= 0.6 is 0 Å².